The van der Waals surface area contributed by atoms with Gasteiger partial charge in [0.15, 0.2) is 0 Å². The summed E-state index contributed by atoms with van der Waals surface area (Å²) in [6, 6.07) is 83.9. The van der Waals surface area contributed by atoms with Gasteiger partial charge in [0.2, 0.25) is 11.6 Å². The number of nitrogen functional groups attached to an aromatic ring is 3. The molecule has 124 heavy (non-hydrogen) atoms. The van der Waals surface area contributed by atoms with Gasteiger partial charge in [0.1, 0.15) is 12.2 Å². The highest BCUT2D eigenvalue weighted by molar-refractivity contribution is 6.12. The van der Waals surface area contributed by atoms with Gasteiger partial charge in [-0.3, -0.25) is 0 Å². The molecule has 2 aliphatic heterocycles. The van der Waals surface area contributed by atoms with Gasteiger partial charge >= 0.3 is 12.2 Å². The maximum Gasteiger partial charge on any atom is 0.407 e. The fourth-order valence-electron chi connectivity index (χ4n) is 17.0. The molecule has 2 amide bonds. The van der Waals surface area contributed by atoms with Crippen LogP contribution in [0, 0.1) is 29.1 Å². The lowest BCUT2D eigenvalue weighted by Crippen LogP contribution is -2.44. The Morgan fingerprint density at radius 2 is 0.823 bits per heavy atom. The van der Waals surface area contributed by atoms with Crippen LogP contribution in [0.2, 0.25) is 0 Å². The molecule has 18 rings (SSSR count). The van der Waals surface area contributed by atoms with E-state index in [0.29, 0.717) is 54.2 Å². The van der Waals surface area contributed by atoms with Crippen molar-refractivity contribution in [2.24, 2.45) is 39.0 Å². The summed E-state index contributed by atoms with van der Waals surface area (Å²) >= 11 is 0. The smallest absolute Gasteiger partial charge is 0.407 e. The normalized spacial score (nSPS) is 19.8. The summed E-state index contributed by atoms with van der Waals surface area (Å²) in [7, 11) is 0. The Bertz CT molecular complexity index is 5450. The first-order chi connectivity index (χ1) is 61.0. The topological polar surface area (TPSA) is 305 Å². The fourth-order valence-corrected chi connectivity index (χ4v) is 17.0. The molecule has 0 bridgehead atoms. The van der Waals surface area contributed by atoms with Crippen LogP contribution in [0.25, 0.3) is 45.3 Å². The van der Waals surface area contributed by atoms with Gasteiger partial charge in [-0.05, 0) is 208 Å². The number of alkyl carbamates (subject to hydrolysis) is 2. The minimum Gasteiger partial charge on any atom is -0.446 e. The lowest BCUT2D eigenvalue weighted by Gasteiger charge is -2.37. The predicted octanol–water partition coefficient (Wildman–Crippen LogP) is 21.6. The Labute approximate surface area is 728 Å². The summed E-state index contributed by atoms with van der Waals surface area (Å²) in [5.74, 6) is 1.96. The van der Waals surface area contributed by atoms with E-state index in [-0.39, 0.29) is 48.2 Å². The minimum absolute atomic E-state index is 0.0731. The molecule has 0 radical (unpaired) electrons. The van der Waals surface area contributed by atoms with E-state index in [1.807, 2.05) is 182 Å². The standard InChI is InChI=1S/C30H32N4O2.C22H25N3.C22H23N3.C16H21NO2.C14H11N5/c31-24-17-15-23(16-18-24)29-27-19-25(36-30(35)32-20-21-9-3-1-4-10-21)13-7-8-14-26(27)28(33-34-29)22-11-5-2-6-12-22;2*23-18-14-12-17(13-15-18)22-20-11-7-2-1-6-10-19(20)21(24-25-22)16-8-4-3-5-9-16;18-16(17-13-14-9-5-4-6-10-14)19-15-11-7-2-1-3-8-12-15;15-12-8-6-11(7-9-12)14-18-16-13(17-19-14)10-4-2-1-3-5-10/h1-6,9-12,15-18,25-27H,7-8,13-14,19-20,31H2,(H,32,35);3-5,8-9,11-15,17,19,22-23,25H,1-2,6-7,10H2;3-5,8-9,12-15H,1-2,6-7,10-11,23H2;4-7,9-11,15H,1-3,8,12-13H2,(H,17,18);1-9H,15H2/b;;;11-7+;. The first-order valence-electron chi connectivity index (χ1n) is 44.0. The van der Waals surface area contributed by atoms with E-state index in [0.717, 1.165) is 137 Å². The van der Waals surface area contributed by atoms with Crippen LogP contribution in [0.15, 0.2) is 318 Å². The summed E-state index contributed by atoms with van der Waals surface area (Å²) in [6.07, 6.45) is 37.3. The molecule has 1 saturated carbocycles. The largest absolute Gasteiger partial charge is 0.446 e. The molecular weight excluding hydrogens is 1540 g/mol. The van der Waals surface area contributed by atoms with Crippen LogP contribution in [-0.2, 0) is 35.4 Å². The third kappa shape index (κ3) is 24.8. The summed E-state index contributed by atoms with van der Waals surface area (Å²) in [5, 5.41) is 53.4. The second-order valence-corrected chi connectivity index (χ2v) is 32.3. The molecule has 5 aliphatic carbocycles. The Hall–Kier alpha value is -13.6. The van der Waals surface area contributed by atoms with Crippen LogP contribution in [0.1, 0.15) is 161 Å². The molecule has 11 aromatic rings. The number of amides is 2. The minimum atomic E-state index is -0.375. The number of benzene rings is 9. The number of allylic oxidation sites excluding steroid dienone is 4. The molecule has 6 unspecified atom stereocenters. The van der Waals surface area contributed by atoms with Crippen LogP contribution in [0.3, 0.4) is 0 Å². The van der Waals surface area contributed by atoms with Gasteiger partial charge in [0.05, 0.1) is 40.3 Å². The molecule has 0 saturated heterocycles. The van der Waals surface area contributed by atoms with E-state index >= 15 is 0 Å². The highest BCUT2D eigenvalue weighted by Crippen LogP contribution is 2.40. The van der Waals surface area contributed by atoms with Crippen molar-refractivity contribution in [1.29, 1.82) is 5.41 Å². The van der Waals surface area contributed by atoms with E-state index in [2.05, 4.69) is 150 Å². The Morgan fingerprint density at radius 3 is 1.37 bits per heavy atom. The number of nitrogens with zero attached hydrogens (tertiary/aromatic N) is 9. The highest BCUT2D eigenvalue weighted by Gasteiger charge is 2.39. The number of nitrogens with one attached hydrogen (secondary N) is 4. The molecule has 1 fully saturated rings. The van der Waals surface area contributed by atoms with Crippen molar-refractivity contribution in [3.63, 3.8) is 0 Å². The van der Waals surface area contributed by atoms with Gasteiger partial charge < -0.3 is 48.1 Å². The molecule has 6 atom stereocenters. The number of hydrazone groups is 1. The lowest BCUT2D eigenvalue weighted by molar-refractivity contribution is 0.0730. The van der Waals surface area contributed by atoms with Gasteiger partial charge in [-0.1, -0.05) is 269 Å². The molecule has 20 heteroatoms. The van der Waals surface area contributed by atoms with Crippen molar-refractivity contribution >= 4 is 52.1 Å². The van der Waals surface area contributed by atoms with Crippen molar-refractivity contribution in [3.8, 4) is 45.3 Å². The third-order valence-electron chi connectivity index (χ3n) is 23.5. The molecule has 0 spiro atoms. The average molecular weight is 1650 g/mol. The van der Waals surface area contributed by atoms with E-state index in [1.54, 1.807) is 12.1 Å². The van der Waals surface area contributed by atoms with Crippen molar-refractivity contribution in [2.45, 2.75) is 166 Å². The molecule has 10 N–H and O–H groups in total. The van der Waals surface area contributed by atoms with Gasteiger partial charge in [-0.25, -0.2) is 9.59 Å². The molecule has 7 aliphatic rings. The van der Waals surface area contributed by atoms with Crippen LogP contribution in [0.5, 0.6) is 0 Å². The van der Waals surface area contributed by atoms with E-state index in [1.165, 1.54) is 92.2 Å². The maximum atomic E-state index is 12.7. The second kappa shape index (κ2) is 45.3. The number of carbonyl (C=O) groups excluding carboxylic acids is 2. The van der Waals surface area contributed by atoms with Crippen molar-refractivity contribution < 1.29 is 19.1 Å². The average Bonchev–Trinajstić information content (AvgIpc) is 0.783. The molecule has 4 heterocycles. The second-order valence-electron chi connectivity index (χ2n) is 32.3. The number of hydrogen-bond acceptors (Lipinski definition) is 18. The quantitative estimate of drug-likeness (QED) is 0.0393. The van der Waals surface area contributed by atoms with Crippen LogP contribution in [-0.4, -0.2) is 83.9 Å². The van der Waals surface area contributed by atoms with Gasteiger partial charge in [0.25, 0.3) is 0 Å². The Balaban J connectivity index is 0.000000129. The van der Waals surface area contributed by atoms with Gasteiger partial charge in [-0.15, -0.1) is 30.6 Å². The molecule has 9 aromatic carbocycles. The monoisotopic (exact) mass is 1650 g/mol. The van der Waals surface area contributed by atoms with E-state index in [9.17, 15) is 9.59 Å². The predicted molar refractivity (Wildman–Crippen MR) is 500 cm³/mol. The first kappa shape index (κ1) is 86.8. The van der Waals surface area contributed by atoms with Crippen LogP contribution < -0.4 is 33.3 Å². The summed E-state index contributed by atoms with van der Waals surface area (Å²) in [5.41, 5.74) is 42.6. The molecule has 632 valence electrons. The molecular formula is C104H112N16O4. The number of fused-ring (bicyclic) bond motifs is 3. The SMILES string of the molecule is N=C1C=CC(C2NN=C(c3ccccc3)C3CCCCCC=C32)C=C1.Nc1ccc(-c2nnc(-c3ccccc3)c3c2CCCCCC3)cc1.Nc1ccc(-c2nnc(-c3ccccc3)nn2)cc1.Nc1ccc(C2=NN=C(c3ccccc3)C3CCCCC(OC(=O)NCc4ccccc4)CC23)cc1.O=C(NCc1ccccc1)OC1/C=C/CCCCC1. The van der Waals surface area contributed by atoms with E-state index < -0.39 is 0 Å². The number of rotatable bonds is 14. The number of hydrogen-bond donors (Lipinski definition) is 7. The summed E-state index contributed by atoms with van der Waals surface area (Å²) in [4.78, 5) is 24.4. The summed E-state index contributed by atoms with van der Waals surface area (Å²) < 4.78 is 11.4. The molecule has 2 aromatic heterocycles. The number of nitrogens with two attached hydrogens (primary N) is 3. The fraction of sp³-hybridized carbons (Fsp3) is 0.288. The highest BCUT2D eigenvalue weighted by atomic mass is 16.6. The van der Waals surface area contributed by atoms with Crippen molar-refractivity contribution in [3.05, 3.63) is 342 Å². The summed E-state index contributed by atoms with van der Waals surface area (Å²) in [6.45, 7) is 0.956. The van der Waals surface area contributed by atoms with Crippen molar-refractivity contribution in [1.82, 2.24) is 46.7 Å². The van der Waals surface area contributed by atoms with Crippen LogP contribution >= 0.6 is 0 Å². The first-order valence-corrected chi connectivity index (χ1v) is 44.0. The van der Waals surface area contributed by atoms with E-state index in [4.69, 9.17) is 47.4 Å². The van der Waals surface area contributed by atoms with Crippen LogP contribution in [0.4, 0.5) is 26.7 Å². The van der Waals surface area contributed by atoms with Gasteiger partial charge in [0, 0.05) is 76.1 Å². The number of carbonyl (C=O) groups is 2. The Kier molecular flexibility index (Phi) is 31.7. The number of ether oxygens (including phenoxy) is 2. The third-order valence-corrected chi connectivity index (χ3v) is 23.5. The maximum absolute atomic E-state index is 12.7. The molecule has 20 nitrogen and oxygen atoms in total. The Morgan fingerprint density at radius 1 is 0.403 bits per heavy atom. The number of aromatic nitrogens is 6. The lowest BCUT2D eigenvalue weighted by atomic mass is 9.72. The zero-order valence-electron chi connectivity index (χ0n) is 70.5. The number of anilines is 3. The zero-order chi connectivity index (χ0) is 85.3. The van der Waals surface area contributed by atoms with Crippen molar-refractivity contribution in [2.75, 3.05) is 17.2 Å². The zero-order valence-corrected chi connectivity index (χ0v) is 70.5. The van der Waals surface area contributed by atoms with Gasteiger partial charge in [-0.2, -0.15) is 15.3 Å².